The highest BCUT2D eigenvalue weighted by atomic mass is 35.5. The Kier molecular flexibility index (Phi) is 7.08. The Hall–Kier alpha value is -2.38. The van der Waals surface area contributed by atoms with Crippen LogP contribution >= 0.6 is 24.8 Å². The second-order valence-electron chi connectivity index (χ2n) is 7.30. The lowest BCUT2D eigenvalue weighted by Gasteiger charge is -2.19. The summed E-state index contributed by atoms with van der Waals surface area (Å²) in [6, 6.07) is 5.54. The van der Waals surface area contributed by atoms with E-state index in [1.165, 1.54) is 0 Å². The van der Waals surface area contributed by atoms with E-state index in [2.05, 4.69) is 4.98 Å². The SMILES string of the molecule is Cl.Cl.Cn1cc(C(=O)N2CCCCCC2)c(O)c1-c1nc2cc(N)ccc2n1C. The molecule has 4 rings (SSSR count). The van der Waals surface area contributed by atoms with Crippen LogP contribution in [0.1, 0.15) is 36.0 Å². The molecule has 0 unspecified atom stereocenters. The molecule has 0 bridgehead atoms. The molecule has 9 heteroatoms. The molecule has 1 aliphatic heterocycles. The number of rotatable bonds is 2. The van der Waals surface area contributed by atoms with E-state index in [4.69, 9.17) is 5.73 Å². The molecular weight excluding hydrogens is 413 g/mol. The number of nitrogens with two attached hydrogens (primary N) is 1. The first-order chi connectivity index (χ1) is 13.0. The Morgan fingerprint density at radius 2 is 1.76 bits per heavy atom. The van der Waals surface area contributed by atoms with Gasteiger partial charge in [0.15, 0.2) is 11.6 Å². The van der Waals surface area contributed by atoms with Crippen molar-refractivity contribution in [2.45, 2.75) is 25.7 Å². The number of imidazole rings is 1. The molecule has 1 saturated heterocycles. The van der Waals surface area contributed by atoms with Gasteiger partial charge in [-0.05, 0) is 31.0 Å². The standard InChI is InChI=1S/C20H25N5O2.2ClH/c1-23-12-14(20(27)25-9-5-3-4-6-10-25)18(26)17(23)19-22-15-11-13(21)7-8-16(15)24(19)2;;/h7-8,11-12,26H,3-6,9-10,21H2,1-2H3;2*1H. The van der Waals surface area contributed by atoms with E-state index in [9.17, 15) is 9.90 Å². The molecule has 0 aliphatic carbocycles. The number of amides is 1. The Morgan fingerprint density at radius 3 is 2.41 bits per heavy atom. The Balaban J connectivity index is 0.00000150. The van der Waals surface area contributed by atoms with Gasteiger partial charge in [-0.3, -0.25) is 4.79 Å². The number of benzene rings is 1. The van der Waals surface area contributed by atoms with Crippen LogP contribution in [0, 0.1) is 0 Å². The summed E-state index contributed by atoms with van der Waals surface area (Å²) in [5.41, 5.74) is 9.05. The largest absolute Gasteiger partial charge is 0.505 e. The number of aromatic nitrogens is 3. The number of hydrogen-bond acceptors (Lipinski definition) is 4. The van der Waals surface area contributed by atoms with E-state index in [0.717, 1.165) is 49.8 Å². The van der Waals surface area contributed by atoms with Crippen molar-refractivity contribution in [1.82, 2.24) is 19.0 Å². The monoisotopic (exact) mass is 439 g/mol. The van der Waals surface area contributed by atoms with Crippen LogP contribution in [0.15, 0.2) is 24.4 Å². The summed E-state index contributed by atoms with van der Waals surface area (Å²) in [7, 11) is 3.71. The van der Waals surface area contributed by atoms with Crippen molar-refractivity contribution in [3.63, 3.8) is 0 Å². The maximum atomic E-state index is 13.0. The zero-order valence-electron chi connectivity index (χ0n) is 16.6. The summed E-state index contributed by atoms with van der Waals surface area (Å²) in [4.78, 5) is 19.5. The van der Waals surface area contributed by atoms with Gasteiger partial charge in [-0.25, -0.2) is 4.98 Å². The second kappa shape index (κ2) is 8.97. The molecule has 3 heterocycles. The van der Waals surface area contributed by atoms with Gasteiger partial charge in [-0.2, -0.15) is 0 Å². The van der Waals surface area contributed by atoms with Gasteiger partial charge in [0.05, 0.1) is 16.6 Å². The molecule has 3 aromatic rings. The minimum atomic E-state index is -0.112. The molecule has 1 aliphatic rings. The second-order valence-corrected chi connectivity index (χ2v) is 7.30. The fourth-order valence-electron chi connectivity index (χ4n) is 3.91. The number of aromatic hydroxyl groups is 1. The zero-order chi connectivity index (χ0) is 19.1. The first kappa shape index (κ1) is 22.9. The van der Waals surface area contributed by atoms with Gasteiger partial charge in [0.25, 0.3) is 5.91 Å². The van der Waals surface area contributed by atoms with Crippen molar-refractivity contribution in [3.05, 3.63) is 30.0 Å². The summed E-state index contributed by atoms with van der Waals surface area (Å²) < 4.78 is 3.68. The van der Waals surface area contributed by atoms with Gasteiger partial charge in [-0.1, -0.05) is 12.8 Å². The van der Waals surface area contributed by atoms with E-state index < -0.39 is 0 Å². The summed E-state index contributed by atoms with van der Waals surface area (Å²) in [5, 5.41) is 10.9. The number of carbonyl (C=O) groups excluding carboxylic acids is 1. The average Bonchev–Trinajstić information content (AvgIpc) is 2.97. The van der Waals surface area contributed by atoms with Gasteiger partial charge >= 0.3 is 0 Å². The molecule has 3 N–H and O–H groups in total. The topological polar surface area (TPSA) is 89.3 Å². The number of halogens is 2. The summed E-state index contributed by atoms with van der Waals surface area (Å²) in [6.07, 6.45) is 6.03. The Labute approximate surface area is 182 Å². The Morgan fingerprint density at radius 1 is 1.10 bits per heavy atom. The van der Waals surface area contributed by atoms with E-state index >= 15 is 0 Å². The molecular formula is C20H27Cl2N5O2. The van der Waals surface area contributed by atoms with Crippen molar-refractivity contribution in [1.29, 1.82) is 0 Å². The number of nitrogens with zero attached hydrogens (tertiary/aromatic N) is 4. The predicted octanol–water partition coefficient (Wildman–Crippen LogP) is 3.73. The average molecular weight is 440 g/mol. The van der Waals surface area contributed by atoms with Crippen LogP contribution < -0.4 is 5.73 Å². The van der Waals surface area contributed by atoms with Gasteiger partial charge in [0.1, 0.15) is 5.69 Å². The van der Waals surface area contributed by atoms with Gasteiger partial charge in [0.2, 0.25) is 0 Å². The molecule has 2 aromatic heterocycles. The fourth-order valence-corrected chi connectivity index (χ4v) is 3.91. The van der Waals surface area contributed by atoms with Crippen LogP contribution in [0.5, 0.6) is 5.75 Å². The minimum absolute atomic E-state index is 0. The molecule has 0 radical (unpaired) electrons. The Bertz CT molecular complexity index is 1020. The highest BCUT2D eigenvalue weighted by Crippen LogP contribution is 2.35. The van der Waals surface area contributed by atoms with Crippen molar-refractivity contribution in [2.75, 3.05) is 18.8 Å². The van der Waals surface area contributed by atoms with Crippen LogP contribution in [0.25, 0.3) is 22.6 Å². The molecule has 158 valence electrons. The predicted molar refractivity (Wildman–Crippen MR) is 120 cm³/mol. The van der Waals surface area contributed by atoms with Gasteiger partial charge in [0, 0.05) is 39.1 Å². The minimum Gasteiger partial charge on any atom is -0.505 e. The van der Waals surface area contributed by atoms with Gasteiger partial charge in [-0.15, -0.1) is 24.8 Å². The van der Waals surface area contributed by atoms with Crippen LogP contribution in [0.2, 0.25) is 0 Å². The molecule has 29 heavy (non-hydrogen) atoms. The van der Waals surface area contributed by atoms with E-state index in [0.29, 0.717) is 22.8 Å². The quantitative estimate of drug-likeness (QED) is 0.595. The van der Waals surface area contributed by atoms with Gasteiger partial charge < -0.3 is 24.9 Å². The van der Waals surface area contributed by atoms with E-state index in [-0.39, 0.29) is 36.5 Å². The third-order valence-electron chi connectivity index (χ3n) is 5.40. The first-order valence-corrected chi connectivity index (χ1v) is 9.37. The molecule has 0 spiro atoms. The zero-order valence-corrected chi connectivity index (χ0v) is 18.2. The van der Waals surface area contributed by atoms with Crippen molar-refractivity contribution < 1.29 is 9.90 Å². The maximum Gasteiger partial charge on any atom is 0.259 e. The molecule has 1 amide bonds. The van der Waals surface area contributed by atoms with Crippen molar-refractivity contribution in [3.8, 4) is 17.3 Å². The molecule has 0 saturated carbocycles. The lowest BCUT2D eigenvalue weighted by Crippen LogP contribution is -2.31. The molecule has 1 aromatic carbocycles. The normalized spacial score (nSPS) is 14.2. The van der Waals surface area contributed by atoms with Crippen LogP contribution in [-0.2, 0) is 14.1 Å². The van der Waals surface area contributed by atoms with E-state index in [1.807, 2.05) is 41.8 Å². The molecule has 1 fully saturated rings. The number of hydrogen-bond donors (Lipinski definition) is 2. The first-order valence-electron chi connectivity index (χ1n) is 9.37. The highest BCUT2D eigenvalue weighted by molar-refractivity contribution is 5.99. The smallest absolute Gasteiger partial charge is 0.259 e. The number of nitrogen functional groups attached to an aromatic ring is 1. The number of fused-ring (bicyclic) bond motifs is 1. The van der Waals surface area contributed by atoms with Crippen molar-refractivity contribution in [2.24, 2.45) is 14.1 Å². The van der Waals surface area contributed by atoms with Crippen LogP contribution in [0.4, 0.5) is 5.69 Å². The van der Waals surface area contributed by atoms with E-state index in [1.54, 1.807) is 10.8 Å². The summed E-state index contributed by atoms with van der Waals surface area (Å²) >= 11 is 0. The number of carbonyl (C=O) groups is 1. The fraction of sp³-hybridized carbons (Fsp3) is 0.400. The molecule has 0 atom stereocenters. The summed E-state index contributed by atoms with van der Waals surface area (Å²) in [5.74, 6) is 0.475. The third-order valence-corrected chi connectivity index (χ3v) is 5.40. The maximum absolute atomic E-state index is 13.0. The third kappa shape index (κ3) is 4.02. The molecule has 7 nitrogen and oxygen atoms in total. The van der Waals surface area contributed by atoms with Crippen LogP contribution in [0.3, 0.4) is 0 Å². The highest BCUT2D eigenvalue weighted by Gasteiger charge is 2.27. The lowest BCUT2D eigenvalue weighted by atomic mass is 10.2. The number of likely N-dealkylation sites (tertiary alicyclic amines) is 1. The van der Waals surface area contributed by atoms with Crippen molar-refractivity contribution >= 4 is 47.4 Å². The number of anilines is 1. The summed E-state index contributed by atoms with van der Waals surface area (Å²) in [6.45, 7) is 1.49. The van der Waals surface area contributed by atoms with Crippen LogP contribution in [-0.4, -0.2) is 43.1 Å². The lowest BCUT2D eigenvalue weighted by molar-refractivity contribution is 0.0759. The number of aryl methyl sites for hydroxylation is 2.